The topological polar surface area (TPSA) is 67.6 Å². The first kappa shape index (κ1) is 21.1. The lowest BCUT2D eigenvalue weighted by Gasteiger charge is -2.20. The summed E-state index contributed by atoms with van der Waals surface area (Å²) < 4.78 is 68.1. The molecule has 11 heteroatoms. The van der Waals surface area contributed by atoms with Gasteiger partial charge in [-0.05, 0) is 30.7 Å². The van der Waals surface area contributed by atoms with Crippen LogP contribution < -0.4 is 0 Å². The van der Waals surface area contributed by atoms with Crippen molar-refractivity contribution in [2.24, 2.45) is 0 Å². The lowest BCUT2D eigenvalue weighted by molar-refractivity contribution is -0.137. The number of hydrogen-bond donors (Lipinski definition) is 0. The summed E-state index contributed by atoms with van der Waals surface area (Å²) in [5.41, 5.74) is -0.529. The molecule has 30 heavy (non-hydrogen) atoms. The van der Waals surface area contributed by atoms with Gasteiger partial charge in [-0.25, -0.2) is 8.42 Å². The van der Waals surface area contributed by atoms with Crippen molar-refractivity contribution in [2.75, 3.05) is 11.5 Å². The molecule has 1 aromatic carbocycles. The van der Waals surface area contributed by atoms with Gasteiger partial charge < -0.3 is 4.42 Å². The Morgan fingerprint density at radius 3 is 2.67 bits per heavy atom. The molecule has 2 saturated heterocycles. The van der Waals surface area contributed by atoms with Crippen LogP contribution in [0.1, 0.15) is 17.7 Å². The van der Waals surface area contributed by atoms with Gasteiger partial charge in [0.05, 0.1) is 28.0 Å². The van der Waals surface area contributed by atoms with E-state index >= 15 is 0 Å². The summed E-state index contributed by atoms with van der Waals surface area (Å²) in [6, 6.07) is 7.34. The molecule has 1 unspecified atom stereocenters. The third kappa shape index (κ3) is 4.19. The average molecular weight is 474 g/mol. The van der Waals surface area contributed by atoms with Crippen molar-refractivity contribution < 1.29 is 30.8 Å². The van der Waals surface area contributed by atoms with Crippen LogP contribution in [0.4, 0.5) is 13.2 Å². The van der Waals surface area contributed by atoms with Gasteiger partial charge in [-0.2, -0.15) is 13.2 Å². The van der Waals surface area contributed by atoms with Crippen LogP contribution in [0.2, 0.25) is 0 Å². The second kappa shape index (κ2) is 7.54. The number of carbonyl (C=O) groups excluding carboxylic acids is 1. The Morgan fingerprint density at radius 2 is 2.00 bits per heavy atom. The first-order chi connectivity index (χ1) is 14.0. The predicted octanol–water partition coefficient (Wildman–Crippen LogP) is 4.35. The van der Waals surface area contributed by atoms with Crippen LogP contribution in [-0.2, 0) is 20.8 Å². The number of benzene rings is 1. The molecule has 0 radical (unpaired) electrons. The number of furan rings is 1. The van der Waals surface area contributed by atoms with Crippen LogP contribution in [-0.4, -0.2) is 41.1 Å². The van der Waals surface area contributed by atoms with E-state index in [1.807, 2.05) is 0 Å². The van der Waals surface area contributed by atoms with E-state index in [0.717, 1.165) is 23.9 Å². The molecule has 5 nitrogen and oxygen atoms in total. The van der Waals surface area contributed by atoms with Crippen molar-refractivity contribution in [2.45, 2.75) is 18.6 Å². The van der Waals surface area contributed by atoms with E-state index in [4.69, 9.17) is 16.6 Å². The van der Waals surface area contributed by atoms with E-state index in [9.17, 15) is 26.4 Å². The van der Waals surface area contributed by atoms with E-state index < -0.39 is 33.5 Å². The summed E-state index contributed by atoms with van der Waals surface area (Å²) in [5.74, 6) is 0.00947. The van der Waals surface area contributed by atoms with Gasteiger partial charge in [-0.3, -0.25) is 9.69 Å². The minimum absolute atomic E-state index is 0.0201. The fourth-order valence-corrected chi connectivity index (χ4v) is 6.42. The van der Waals surface area contributed by atoms with Gasteiger partial charge in [0.2, 0.25) is 0 Å². The number of alkyl halides is 3. The van der Waals surface area contributed by atoms with Gasteiger partial charge >= 0.3 is 6.18 Å². The molecule has 0 aliphatic carbocycles. The minimum Gasteiger partial charge on any atom is -0.457 e. The van der Waals surface area contributed by atoms with Crippen molar-refractivity contribution in [1.82, 2.24) is 4.90 Å². The molecule has 2 aliphatic heterocycles. The summed E-state index contributed by atoms with van der Waals surface area (Å²) >= 11 is 6.29. The van der Waals surface area contributed by atoms with E-state index in [1.165, 1.54) is 29.2 Å². The van der Waals surface area contributed by atoms with Crippen LogP contribution in [0.15, 0.2) is 45.7 Å². The first-order valence-electron chi connectivity index (χ1n) is 8.78. The van der Waals surface area contributed by atoms with Gasteiger partial charge in [0.25, 0.3) is 5.91 Å². The molecule has 2 aliphatic rings. The molecule has 2 aromatic rings. The predicted molar refractivity (Wildman–Crippen MR) is 111 cm³/mol. The Morgan fingerprint density at radius 1 is 1.23 bits per heavy atom. The number of halogens is 3. The van der Waals surface area contributed by atoms with Gasteiger partial charge in [-0.1, -0.05) is 36.1 Å². The minimum atomic E-state index is -4.47. The summed E-state index contributed by atoms with van der Waals surface area (Å²) in [5, 5.41) is 0. The third-order valence-electron chi connectivity index (χ3n) is 4.77. The summed E-state index contributed by atoms with van der Waals surface area (Å²) in [6.07, 6.45) is -2.67. The first-order valence-corrected chi connectivity index (χ1v) is 11.8. The smallest absolute Gasteiger partial charge is 0.416 e. The van der Waals surface area contributed by atoms with Crippen LogP contribution in [0.5, 0.6) is 0 Å². The third-order valence-corrected chi connectivity index (χ3v) is 7.85. The highest BCUT2D eigenvalue weighted by Gasteiger charge is 2.42. The normalized spacial score (nSPS) is 23.0. The fraction of sp³-hybridized carbons (Fsp3) is 0.263. The summed E-state index contributed by atoms with van der Waals surface area (Å²) in [7, 11) is -3.18. The molecule has 158 valence electrons. The van der Waals surface area contributed by atoms with Crippen LogP contribution >= 0.6 is 24.0 Å². The average Bonchev–Trinajstić information content (AvgIpc) is 3.33. The largest absolute Gasteiger partial charge is 0.457 e. The molecular weight excluding hydrogens is 459 g/mol. The quantitative estimate of drug-likeness (QED) is 0.488. The number of hydrogen-bond acceptors (Lipinski definition) is 6. The van der Waals surface area contributed by atoms with Gasteiger partial charge in [0, 0.05) is 11.6 Å². The molecule has 0 N–H and O–H groups in total. The zero-order valence-electron chi connectivity index (χ0n) is 15.2. The zero-order valence-corrected chi connectivity index (χ0v) is 17.6. The summed E-state index contributed by atoms with van der Waals surface area (Å²) in [6.45, 7) is 0. The fourth-order valence-electron chi connectivity index (χ4n) is 3.34. The van der Waals surface area contributed by atoms with Crippen molar-refractivity contribution in [3.8, 4) is 11.3 Å². The van der Waals surface area contributed by atoms with Crippen LogP contribution in [0.3, 0.4) is 0 Å². The lowest BCUT2D eigenvalue weighted by Crippen LogP contribution is -2.39. The zero-order chi connectivity index (χ0) is 21.7. The molecule has 2 fully saturated rings. The number of nitrogens with zero attached hydrogens (tertiary/aromatic N) is 1. The SMILES string of the molecule is O=C1/C(=C\c2ccc(-c3cccc(C(F)(F)F)c3)o2)SC(=S)N1C1CCS(=O)(=O)C1. The highest BCUT2D eigenvalue weighted by Crippen LogP contribution is 2.37. The van der Waals surface area contributed by atoms with Crippen molar-refractivity contribution >= 4 is 50.1 Å². The van der Waals surface area contributed by atoms with E-state index in [-0.39, 0.29) is 37.8 Å². The van der Waals surface area contributed by atoms with Crippen LogP contribution in [0, 0.1) is 0 Å². The van der Waals surface area contributed by atoms with Gasteiger partial charge in [0.15, 0.2) is 9.84 Å². The molecule has 3 heterocycles. The van der Waals surface area contributed by atoms with E-state index in [1.54, 1.807) is 6.07 Å². The van der Waals surface area contributed by atoms with Crippen LogP contribution in [0.25, 0.3) is 17.4 Å². The Kier molecular flexibility index (Phi) is 5.31. The highest BCUT2D eigenvalue weighted by molar-refractivity contribution is 8.26. The molecule has 0 saturated carbocycles. The Labute approximate surface area is 179 Å². The molecule has 1 atom stereocenters. The Bertz CT molecular complexity index is 1170. The van der Waals surface area contributed by atoms with E-state index in [0.29, 0.717) is 6.42 Å². The lowest BCUT2D eigenvalue weighted by atomic mass is 10.1. The number of thioether (sulfide) groups is 1. The molecular formula is C19H14F3NO4S3. The number of carbonyl (C=O) groups is 1. The monoisotopic (exact) mass is 473 g/mol. The molecule has 1 aromatic heterocycles. The van der Waals surface area contributed by atoms with Crippen molar-refractivity contribution in [3.05, 3.63) is 52.6 Å². The number of sulfone groups is 1. The standard InChI is InChI=1S/C19H14F3NO4S3/c20-19(21,22)12-3-1-2-11(8-12)15-5-4-14(27-15)9-16-17(24)23(18(28)29-16)13-6-7-30(25,26)10-13/h1-5,8-9,13H,6-7,10H2/b16-9+. The molecule has 0 spiro atoms. The Balaban J connectivity index is 1.56. The van der Waals surface area contributed by atoms with Gasteiger partial charge in [-0.15, -0.1) is 0 Å². The van der Waals surface area contributed by atoms with Gasteiger partial charge in [0.1, 0.15) is 15.8 Å². The number of thiocarbonyl (C=S) groups is 1. The Hall–Kier alpha value is -2.11. The number of rotatable bonds is 3. The maximum Gasteiger partial charge on any atom is 0.416 e. The second-order valence-electron chi connectivity index (χ2n) is 6.89. The maximum atomic E-state index is 12.9. The molecule has 1 amide bonds. The highest BCUT2D eigenvalue weighted by atomic mass is 32.2. The molecule has 4 rings (SSSR count). The maximum absolute atomic E-state index is 12.9. The number of amides is 1. The molecule has 0 bridgehead atoms. The van der Waals surface area contributed by atoms with Crippen molar-refractivity contribution in [3.63, 3.8) is 0 Å². The van der Waals surface area contributed by atoms with E-state index in [2.05, 4.69) is 0 Å². The second-order valence-corrected chi connectivity index (χ2v) is 10.8. The van der Waals surface area contributed by atoms with Crippen molar-refractivity contribution in [1.29, 1.82) is 0 Å². The summed E-state index contributed by atoms with van der Waals surface area (Å²) in [4.78, 5) is 14.3.